The fraction of sp³-hybridized carbons (Fsp3) is 0.364. The largest absolute Gasteiger partial charge is 0.398 e. The summed E-state index contributed by atoms with van der Waals surface area (Å²) in [5, 5.41) is 0. The summed E-state index contributed by atoms with van der Waals surface area (Å²) in [5.41, 5.74) is 8.66. The number of aryl methyl sites for hydroxylation is 1. The van der Waals surface area contributed by atoms with Crippen molar-refractivity contribution >= 4 is 33.2 Å². The molecule has 0 atom stereocenters. The van der Waals surface area contributed by atoms with Gasteiger partial charge in [0.05, 0.1) is 0 Å². The maximum absolute atomic E-state index is 11.7. The summed E-state index contributed by atoms with van der Waals surface area (Å²) in [7, 11) is 0. The van der Waals surface area contributed by atoms with Crippen LogP contribution in [-0.4, -0.2) is 12.5 Å². The van der Waals surface area contributed by atoms with Crippen molar-refractivity contribution in [3.05, 3.63) is 22.2 Å². The van der Waals surface area contributed by atoms with Gasteiger partial charge in [-0.25, -0.2) is 0 Å². The lowest BCUT2D eigenvalue weighted by Gasteiger charge is -2.28. The van der Waals surface area contributed by atoms with E-state index in [4.69, 9.17) is 5.73 Å². The summed E-state index contributed by atoms with van der Waals surface area (Å²) in [6, 6.07) is 3.89. The molecule has 3 nitrogen and oxygen atoms in total. The summed E-state index contributed by atoms with van der Waals surface area (Å²) < 4.78 is 0.909. The molecule has 0 aromatic heterocycles. The maximum atomic E-state index is 11.7. The van der Waals surface area contributed by atoms with E-state index in [0.29, 0.717) is 18.7 Å². The lowest BCUT2D eigenvalue weighted by Crippen LogP contribution is -2.34. The SMILES string of the molecule is CCN1C(=O)CCc2cc(Br)c(N)cc21. The molecule has 0 fully saturated rings. The van der Waals surface area contributed by atoms with Crippen LogP contribution in [-0.2, 0) is 11.2 Å². The lowest BCUT2D eigenvalue weighted by atomic mass is 10.0. The van der Waals surface area contributed by atoms with E-state index in [-0.39, 0.29) is 5.91 Å². The number of carbonyl (C=O) groups is 1. The van der Waals surface area contributed by atoms with Gasteiger partial charge in [-0.15, -0.1) is 0 Å². The van der Waals surface area contributed by atoms with Gasteiger partial charge >= 0.3 is 0 Å². The minimum Gasteiger partial charge on any atom is -0.398 e. The first-order valence-electron chi connectivity index (χ1n) is 5.01. The van der Waals surface area contributed by atoms with Crippen LogP contribution in [0.4, 0.5) is 11.4 Å². The van der Waals surface area contributed by atoms with Gasteiger partial charge in [-0.05, 0) is 47.0 Å². The van der Waals surface area contributed by atoms with E-state index in [1.807, 2.05) is 19.1 Å². The van der Waals surface area contributed by atoms with Crippen LogP contribution in [0.25, 0.3) is 0 Å². The Morgan fingerprint density at radius 3 is 2.87 bits per heavy atom. The van der Waals surface area contributed by atoms with Crippen LogP contribution in [0.3, 0.4) is 0 Å². The molecule has 80 valence electrons. The Morgan fingerprint density at radius 2 is 2.20 bits per heavy atom. The zero-order valence-electron chi connectivity index (χ0n) is 8.59. The van der Waals surface area contributed by atoms with E-state index in [1.165, 1.54) is 5.56 Å². The second kappa shape index (κ2) is 3.85. The average molecular weight is 269 g/mol. The normalized spacial score (nSPS) is 15.3. The third kappa shape index (κ3) is 1.74. The minimum absolute atomic E-state index is 0.187. The van der Waals surface area contributed by atoms with Crippen LogP contribution in [0.2, 0.25) is 0 Å². The Kier molecular flexibility index (Phi) is 2.69. The summed E-state index contributed by atoms with van der Waals surface area (Å²) in [4.78, 5) is 13.5. The lowest BCUT2D eigenvalue weighted by molar-refractivity contribution is -0.118. The number of rotatable bonds is 1. The Bertz CT molecular complexity index is 417. The van der Waals surface area contributed by atoms with Crippen molar-refractivity contribution < 1.29 is 4.79 Å². The van der Waals surface area contributed by atoms with E-state index < -0.39 is 0 Å². The molecule has 0 unspecified atom stereocenters. The van der Waals surface area contributed by atoms with Crippen molar-refractivity contribution in [2.45, 2.75) is 19.8 Å². The molecule has 1 aliphatic rings. The fourth-order valence-corrected chi connectivity index (χ4v) is 2.32. The number of anilines is 2. The molecule has 0 spiro atoms. The third-order valence-electron chi connectivity index (χ3n) is 2.71. The summed E-state index contributed by atoms with van der Waals surface area (Å²) >= 11 is 3.40. The molecule has 1 aromatic rings. The van der Waals surface area contributed by atoms with E-state index in [2.05, 4.69) is 15.9 Å². The van der Waals surface area contributed by atoms with Crippen molar-refractivity contribution in [2.24, 2.45) is 0 Å². The van der Waals surface area contributed by atoms with E-state index in [9.17, 15) is 4.79 Å². The predicted octanol–water partition coefficient (Wildman–Crippen LogP) is 2.33. The van der Waals surface area contributed by atoms with Gasteiger partial charge < -0.3 is 10.6 Å². The maximum Gasteiger partial charge on any atom is 0.227 e. The molecule has 2 rings (SSSR count). The van der Waals surface area contributed by atoms with Gasteiger partial charge in [-0.3, -0.25) is 4.79 Å². The molecule has 1 aromatic carbocycles. The van der Waals surface area contributed by atoms with Gasteiger partial charge in [0.1, 0.15) is 0 Å². The van der Waals surface area contributed by atoms with Crippen LogP contribution < -0.4 is 10.6 Å². The third-order valence-corrected chi connectivity index (χ3v) is 3.40. The van der Waals surface area contributed by atoms with Crippen molar-refractivity contribution in [3.8, 4) is 0 Å². The molecular weight excluding hydrogens is 256 g/mol. The number of halogens is 1. The average Bonchev–Trinajstić information content (AvgIpc) is 2.21. The second-order valence-electron chi connectivity index (χ2n) is 3.64. The highest BCUT2D eigenvalue weighted by Crippen LogP contribution is 2.33. The highest BCUT2D eigenvalue weighted by molar-refractivity contribution is 9.10. The van der Waals surface area contributed by atoms with Gasteiger partial charge in [0.15, 0.2) is 0 Å². The summed E-state index contributed by atoms with van der Waals surface area (Å²) in [6.07, 6.45) is 1.40. The molecule has 4 heteroatoms. The van der Waals surface area contributed by atoms with Crippen molar-refractivity contribution in [2.75, 3.05) is 17.2 Å². The van der Waals surface area contributed by atoms with Gasteiger partial charge in [-0.1, -0.05) is 0 Å². The number of fused-ring (bicyclic) bond motifs is 1. The van der Waals surface area contributed by atoms with Crippen LogP contribution in [0.5, 0.6) is 0 Å². The number of benzene rings is 1. The van der Waals surface area contributed by atoms with Gasteiger partial charge in [0.25, 0.3) is 0 Å². The van der Waals surface area contributed by atoms with E-state index >= 15 is 0 Å². The fourth-order valence-electron chi connectivity index (χ4n) is 1.93. The molecule has 0 saturated carbocycles. The number of carbonyl (C=O) groups excluding carboxylic acids is 1. The molecule has 1 aliphatic heterocycles. The number of hydrogen-bond donors (Lipinski definition) is 1. The number of nitrogens with zero attached hydrogens (tertiary/aromatic N) is 1. The van der Waals surface area contributed by atoms with Gasteiger partial charge in [0, 0.05) is 28.8 Å². The Hall–Kier alpha value is -1.03. The second-order valence-corrected chi connectivity index (χ2v) is 4.49. The zero-order valence-corrected chi connectivity index (χ0v) is 10.2. The van der Waals surface area contributed by atoms with Crippen molar-refractivity contribution in [1.82, 2.24) is 0 Å². The molecule has 0 radical (unpaired) electrons. The summed E-state index contributed by atoms with van der Waals surface area (Å²) in [6.45, 7) is 2.68. The highest BCUT2D eigenvalue weighted by Gasteiger charge is 2.23. The predicted molar refractivity (Wildman–Crippen MR) is 64.9 cm³/mol. The number of amides is 1. The van der Waals surface area contributed by atoms with Crippen molar-refractivity contribution in [3.63, 3.8) is 0 Å². The van der Waals surface area contributed by atoms with Gasteiger partial charge in [-0.2, -0.15) is 0 Å². The molecule has 0 aliphatic carbocycles. The minimum atomic E-state index is 0.187. The molecule has 2 N–H and O–H groups in total. The van der Waals surface area contributed by atoms with Crippen LogP contribution >= 0.6 is 15.9 Å². The van der Waals surface area contributed by atoms with Crippen LogP contribution in [0.15, 0.2) is 16.6 Å². The Labute approximate surface area is 97.4 Å². The quantitative estimate of drug-likeness (QED) is 0.795. The topological polar surface area (TPSA) is 46.3 Å². The summed E-state index contributed by atoms with van der Waals surface area (Å²) in [5.74, 6) is 0.187. The number of hydrogen-bond acceptors (Lipinski definition) is 2. The molecule has 0 saturated heterocycles. The molecule has 0 bridgehead atoms. The molecular formula is C11H13BrN2O. The first-order chi connectivity index (χ1) is 7.13. The Balaban J connectivity index is 2.53. The van der Waals surface area contributed by atoms with Gasteiger partial charge in [0.2, 0.25) is 5.91 Å². The molecule has 1 amide bonds. The monoisotopic (exact) mass is 268 g/mol. The first-order valence-corrected chi connectivity index (χ1v) is 5.81. The smallest absolute Gasteiger partial charge is 0.227 e. The standard InChI is InChI=1S/C11H13BrN2O/c1-2-14-10-6-9(13)8(12)5-7(10)3-4-11(14)15/h5-6H,2-4,13H2,1H3. The highest BCUT2D eigenvalue weighted by atomic mass is 79.9. The van der Waals surface area contributed by atoms with Crippen LogP contribution in [0, 0.1) is 0 Å². The van der Waals surface area contributed by atoms with Crippen LogP contribution in [0.1, 0.15) is 18.9 Å². The zero-order chi connectivity index (χ0) is 11.0. The van der Waals surface area contributed by atoms with E-state index in [1.54, 1.807) is 4.90 Å². The van der Waals surface area contributed by atoms with E-state index in [0.717, 1.165) is 16.6 Å². The Morgan fingerprint density at radius 1 is 1.47 bits per heavy atom. The first kappa shape index (κ1) is 10.5. The molecule has 1 heterocycles. The van der Waals surface area contributed by atoms with Crippen molar-refractivity contribution in [1.29, 1.82) is 0 Å². The number of nitrogen functional groups attached to an aromatic ring is 1. The number of nitrogens with two attached hydrogens (primary N) is 1. The molecule has 15 heavy (non-hydrogen) atoms.